The molecule has 0 aliphatic rings. The van der Waals surface area contributed by atoms with Gasteiger partial charge in [0.2, 0.25) is 10.0 Å². The highest BCUT2D eigenvalue weighted by Gasteiger charge is 2.21. The molecule has 9 heteroatoms. The number of hydrogen-bond acceptors (Lipinski definition) is 4. The van der Waals surface area contributed by atoms with Crippen LogP contribution in [-0.2, 0) is 14.8 Å². The van der Waals surface area contributed by atoms with E-state index in [0.717, 1.165) is 18.2 Å². The number of carboxylic acids is 1. The average molecular weight is 342 g/mol. The fourth-order valence-electron chi connectivity index (χ4n) is 1.05. The summed E-state index contributed by atoms with van der Waals surface area (Å²) < 4.78 is 38.1. The third-order valence-corrected chi connectivity index (χ3v) is 4.34. The topological polar surface area (TPSA) is 104 Å². The van der Waals surface area contributed by atoms with Crippen LogP contribution in [0.1, 0.15) is 0 Å². The van der Waals surface area contributed by atoms with Crippen LogP contribution in [0.4, 0.5) is 4.39 Å². The summed E-state index contributed by atoms with van der Waals surface area (Å²) in [6, 6.07) is 2.93. The number of carboxylic acid groups (broad SMARTS) is 1. The molecule has 6 nitrogen and oxygen atoms in total. The predicted molar refractivity (Wildman–Crippen MR) is 62.9 cm³/mol. The second kappa shape index (κ2) is 5.74. The molecule has 0 saturated carbocycles. The molecule has 0 aromatic heterocycles. The minimum Gasteiger partial charge on any atom is -0.479 e. The van der Waals surface area contributed by atoms with E-state index in [1.807, 2.05) is 4.72 Å². The minimum atomic E-state index is -4.02. The second-order valence-corrected chi connectivity index (χ2v) is 5.87. The van der Waals surface area contributed by atoms with Crippen molar-refractivity contribution in [3.8, 4) is 0 Å². The van der Waals surface area contributed by atoms with Crippen LogP contribution in [0, 0.1) is 5.82 Å². The van der Waals surface area contributed by atoms with E-state index in [4.69, 9.17) is 10.2 Å². The Balaban J connectivity index is 2.90. The van der Waals surface area contributed by atoms with Crippen LogP contribution >= 0.6 is 15.9 Å². The SMILES string of the molecule is O=C(O)C(O)CNS(=O)(=O)c1ccc(F)cc1Br. The molecule has 0 spiro atoms. The van der Waals surface area contributed by atoms with Crippen LogP contribution in [0.5, 0.6) is 0 Å². The lowest BCUT2D eigenvalue weighted by atomic mass is 10.3. The van der Waals surface area contributed by atoms with Gasteiger partial charge in [0.05, 0.1) is 4.90 Å². The van der Waals surface area contributed by atoms with Crippen LogP contribution in [0.15, 0.2) is 27.6 Å². The maximum Gasteiger partial charge on any atom is 0.333 e. The predicted octanol–water partition coefficient (Wildman–Crippen LogP) is 0.312. The van der Waals surface area contributed by atoms with Gasteiger partial charge in [0.25, 0.3) is 0 Å². The Labute approximate surface area is 111 Å². The number of rotatable bonds is 5. The fraction of sp³-hybridized carbons (Fsp3) is 0.222. The van der Waals surface area contributed by atoms with Gasteiger partial charge in [0.15, 0.2) is 6.10 Å². The van der Waals surface area contributed by atoms with E-state index in [1.54, 1.807) is 0 Å². The van der Waals surface area contributed by atoms with Gasteiger partial charge in [-0.2, -0.15) is 0 Å². The van der Waals surface area contributed by atoms with Crippen molar-refractivity contribution >= 4 is 31.9 Å². The number of aliphatic hydroxyl groups excluding tert-OH is 1. The Bertz CT molecular complexity index is 562. The number of aliphatic carboxylic acids is 1. The summed E-state index contributed by atoms with van der Waals surface area (Å²) >= 11 is 2.88. The number of sulfonamides is 1. The standard InChI is InChI=1S/C9H9BrFNO5S/c10-6-3-5(11)1-2-8(6)18(16,17)12-4-7(13)9(14)15/h1-3,7,12-13H,4H2,(H,14,15). The van der Waals surface area contributed by atoms with E-state index in [1.165, 1.54) is 0 Å². The quantitative estimate of drug-likeness (QED) is 0.715. The highest BCUT2D eigenvalue weighted by molar-refractivity contribution is 9.10. The summed E-state index contributed by atoms with van der Waals surface area (Å²) in [6.45, 7) is -0.679. The van der Waals surface area contributed by atoms with Gasteiger partial charge in [-0.3, -0.25) is 0 Å². The third-order valence-electron chi connectivity index (χ3n) is 1.94. The first-order valence-corrected chi connectivity index (χ1v) is 6.87. The number of nitrogens with one attached hydrogen (secondary N) is 1. The number of carbonyl (C=O) groups is 1. The van der Waals surface area contributed by atoms with Crippen molar-refractivity contribution in [1.82, 2.24) is 4.72 Å². The molecule has 0 aliphatic carbocycles. The van der Waals surface area contributed by atoms with Gasteiger partial charge in [-0.1, -0.05) is 0 Å². The number of aliphatic hydroxyl groups is 1. The Kier molecular flexibility index (Phi) is 4.79. The van der Waals surface area contributed by atoms with E-state index in [2.05, 4.69) is 15.9 Å². The molecule has 0 fully saturated rings. The largest absolute Gasteiger partial charge is 0.479 e. The molecule has 1 atom stereocenters. The molecule has 0 aliphatic heterocycles. The van der Waals surface area contributed by atoms with Crippen LogP contribution in [-0.4, -0.2) is 37.2 Å². The molecule has 18 heavy (non-hydrogen) atoms. The highest BCUT2D eigenvalue weighted by Crippen LogP contribution is 2.22. The zero-order chi connectivity index (χ0) is 13.9. The third kappa shape index (κ3) is 3.73. The molecule has 1 rings (SSSR count). The van der Waals surface area contributed by atoms with Gasteiger partial charge >= 0.3 is 5.97 Å². The van der Waals surface area contributed by atoms with Gasteiger partial charge in [0, 0.05) is 11.0 Å². The van der Waals surface area contributed by atoms with Gasteiger partial charge in [-0.05, 0) is 34.1 Å². The summed E-state index contributed by atoms with van der Waals surface area (Å²) in [6.07, 6.45) is -1.85. The molecule has 1 aromatic carbocycles. The van der Waals surface area contributed by atoms with Gasteiger partial charge in [-0.25, -0.2) is 22.3 Å². The average Bonchev–Trinajstić information content (AvgIpc) is 2.25. The number of halogens is 2. The summed E-state index contributed by atoms with van der Waals surface area (Å²) in [4.78, 5) is 10.1. The molecular weight excluding hydrogens is 333 g/mol. The second-order valence-electron chi connectivity index (χ2n) is 3.28. The van der Waals surface area contributed by atoms with Crippen molar-refractivity contribution in [2.45, 2.75) is 11.0 Å². The molecule has 3 N–H and O–H groups in total. The zero-order valence-corrected chi connectivity index (χ0v) is 11.2. The highest BCUT2D eigenvalue weighted by atomic mass is 79.9. The normalized spacial score (nSPS) is 13.3. The molecule has 0 heterocycles. The van der Waals surface area contributed by atoms with Crippen molar-refractivity contribution in [3.63, 3.8) is 0 Å². The molecule has 100 valence electrons. The number of benzene rings is 1. The van der Waals surface area contributed by atoms with Crippen molar-refractivity contribution in [2.24, 2.45) is 0 Å². The van der Waals surface area contributed by atoms with Crippen molar-refractivity contribution in [3.05, 3.63) is 28.5 Å². The molecule has 1 unspecified atom stereocenters. The van der Waals surface area contributed by atoms with Crippen LogP contribution in [0.25, 0.3) is 0 Å². The van der Waals surface area contributed by atoms with Crippen LogP contribution in [0.3, 0.4) is 0 Å². The Morgan fingerprint density at radius 1 is 1.50 bits per heavy atom. The first kappa shape index (κ1) is 15.0. The summed E-state index contributed by atoms with van der Waals surface area (Å²) in [5, 5.41) is 17.3. The molecule has 0 bridgehead atoms. The fourth-order valence-corrected chi connectivity index (χ4v) is 3.13. The van der Waals surface area contributed by atoms with Crippen molar-refractivity contribution in [2.75, 3.05) is 6.54 Å². The Morgan fingerprint density at radius 3 is 2.61 bits per heavy atom. The van der Waals surface area contributed by atoms with E-state index in [9.17, 15) is 17.6 Å². The molecule has 0 saturated heterocycles. The van der Waals surface area contributed by atoms with E-state index in [-0.39, 0.29) is 9.37 Å². The van der Waals surface area contributed by atoms with E-state index < -0.39 is 34.5 Å². The Morgan fingerprint density at radius 2 is 2.11 bits per heavy atom. The smallest absolute Gasteiger partial charge is 0.333 e. The molecule has 0 amide bonds. The van der Waals surface area contributed by atoms with Crippen LogP contribution < -0.4 is 4.72 Å². The van der Waals surface area contributed by atoms with Crippen molar-refractivity contribution in [1.29, 1.82) is 0 Å². The maximum absolute atomic E-state index is 12.8. The lowest BCUT2D eigenvalue weighted by molar-refractivity contribution is -0.146. The molecular formula is C9H9BrFNO5S. The van der Waals surface area contributed by atoms with Gasteiger partial charge in [-0.15, -0.1) is 0 Å². The zero-order valence-electron chi connectivity index (χ0n) is 8.80. The van der Waals surface area contributed by atoms with E-state index in [0.29, 0.717) is 0 Å². The van der Waals surface area contributed by atoms with Crippen LogP contribution in [0.2, 0.25) is 0 Å². The first-order valence-electron chi connectivity index (χ1n) is 4.59. The van der Waals surface area contributed by atoms with Gasteiger partial charge < -0.3 is 10.2 Å². The van der Waals surface area contributed by atoms with Crippen molar-refractivity contribution < 1.29 is 27.8 Å². The lowest BCUT2D eigenvalue weighted by Crippen LogP contribution is -2.36. The molecule has 0 radical (unpaired) electrons. The molecule has 1 aromatic rings. The minimum absolute atomic E-state index is 0.000171. The number of hydrogen-bond donors (Lipinski definition) is 3. The first-order chi connectivity index (χ1) is 8.24. The maximum atomic E-state index is 12.8. The van der Waals surface area contributed by atoms with E-state index >= 15 is 0 Å². The summed E-state index contributed by atoms with van der Waals surface area (Å²) in [7, 11) is -4.02. The monoisotopic (exact) mass is 341 g/mol. The summed E-state index contributed by atoms with van der Waals surface area (Å²) in [5.41, 5.74) is 0. The van der Waals surface area contributed by atoms with Gasteiger partial charge in [0.1, 0.15) is 5.82 Å². The Hall–Kier alpha value is -1.03. The summed E-state index contributed by atoms with van der Waals surface area (Å²) in [5.74, 6) is -2.16. The lowest BCUT2D eigenvalue weighted by Gasteiger charge is -2.10.